The Morgan fingerprint density at radius 2 is 2.04 bits per heavy atom. The van der Waals surface area contributed by atoms with Gasteiger partial charge in [-0.15, -0.1) is 11.3 Å². The lowest BCUT2D eigenvalue weighted by Gasteiger charge is -2.07. The highest BCUT2D eigenvalue weighted by Crippen LogP contribution is 2.40. The largest absolute Gasteiger partial charge is 0.462 e. The number of carbonyl (C=O) groups is 2. The molecule has 1 aromatic carbocycles. The lowest BCUT2D eigenvalue weighted by Crippen LogP contribution is -2.12. The molecular weight excluding hydrogens is 344 g/mol. The minimum atomic E-state index is -0.448. The first kappa shape index (κ1) is 18.0. The second kappa shape index (κ2) is 7.99. The summed E-state index contributed by atoms with van der Waals surface area (Å²) in [7, 11) is 0. The zero-order valence-electron chi connectivity index (χ0n) is 13.5. The molecule has 24 heavy (non-hydrogen) atoms. The minimum absolute atomic E-state index is 0.266. The summed E-state index contributed by atoms with van der Waals surface area (Å²) in [5.74, 6) is -0.722. The number of esters is 1. The maximum atomic E-state index is 12.5. The summed E-state index contributed by atoms with van der Waals surface area (Å²) in [6, 6.07) is 7.23. The predicted molar refractivity (Wildman–Crippen MR) is 95.6 cm³/mol. The van der Waals surface area contributed by atoms with E-state index in [4.69, 9.17) is 10.00 Å². The number of thioether (sulfide) groups is 1. The van der Waals surface area contributed by atoms with Crippen molar-refractivity contribution in [1.29, 1.82) is 5.26 Å². The maximum absolute atomic E-state index is 12.5. The average Bonchev–Trinajstić information content (AvgIpc) is 2.85. The van der Waals surface area contributed by atoms with E-state index in [1.165, 1.54) is 0 Å². The summed E-state index contributed by atoms with van der Waals surface area (Å²) in [4.78, 5) is 25.5. The number of hydrogen-bond acceptors (Lipinski definition) is 6. The molecule has 0 aliphatic rings. The number of anilines is 1. The van der Waals surface area contributed by atoms with Gasteiger partial charge in [0.25, 0.3) is 5.91 Å². The summed E-state index contributed by atoms with van der Waals surface area (Å²) in [5.41, 5.74) is 2.04. The topological polar surface area (TPSA) is 79.2 Å². The van der Waals surface area contributed by atoms with Gasteiger partial charge in [-0.1, -0.05) is 18.2 Å². The lowest BCUT2D eigenvalue weighted by atomic mass is 10.1. The fourth-order valence-corrected chi connectivity index (χ4v) is 3.93. The molecule has 1 aromatic heterocycles. The first-order valence-electron chi connectivity index (χ1n) is 7.23. The van der Waals surface area contributed by atoms with Crippen LogP contribution in [0.1, 0.15) is 38.1 Å². The third-order valence-electron chi connectivity index (χ3n) is 3.32. The molecular formula is C17H16N2O3S2. The van der Waals surface area contributed by atoms with E-state index in [-0.39, 0.29) is 12.5 Å². The molecule has 1 amide bonds. The van der Waals surface area contributed by atoms with Gasteiger partial charge in [-0.25, -0.2) is 4.79 Å². The Hall–Kier alpha value is -2.30. The molecule has 0 aliphatic carbocycles. The van der Waals surface area contributed by atoms with E-state index in [0.717, 1.165) is 28.7 Å². The highest BCUT2D eigenvalue weighted by molar-refractivity contribution is 8.04. The number of nitriles is 1. The predicted octanol–water partition coefficient (Wildman–Crippen LogP) is 4.37. The van der Waals surface area contributed by atoms with E-state index in [2.05, 4.69) is 5.32 Å². The summed E-state index contributed by atoms with van der Waals surface area (Å²) in [5, 5.41) is 14.3. The van der Waals surface area contributed by atoms with Crippen LogP contribution in [0.15, 0.2) is 29.2 Å². The van der Waals surface area contributed by atoms with Gasteiger partial charge in [0.1, 0.15) is 15.3 Å². The number of hydrogen-bond donors (Lipinski definition) is 1. The third kappa shape index (κ3) is 3.78. The molecule has 7 heteroatoms. The number of nitrogens with zero attached hydrogens (tertiary/aromatic N) is 1. The number of benzene rings is 1. The zero-order valence-corrected chi connectivity index (χ0v) is 15.1. The molecule has 5 nitrogen and oxygen atoms in total. The van der Waals surface area contributed by atoms with Gasteiger partial charge in [-0.3, -0.25) is 4.79 Å². The van der Waals surface area contributed by atoms with Crippen LogP contribution in [0.4, 0.5) is 5.00 Å². The van der Waals surface area contributed by atoms with Crippen molar-refractivity contribution in [1.82, 2.24) is 0 Å². The summed E-state index contributed by atoms with van der Waals surface area (Å²) >= 11 is 2.04. The zero-order chi connectivity index (χ0) is 17.7. The van der Waals surface area contributed by atoms with Gasteiger partial charge in [0.15, 0.2) is 0 Å². The number of amides is 1. The number of rotatable bonds is 5. The van der Waals surface area contributed by atoms with Crippen LogP contribution >= 0.6 is 23.1 Å². The highest BCUT2D eigenvalue weighted by Gasteiger charge is 2.23. The van der Waals surface area contributed by atoms with E-state index < -0.39 is 5.97 Å². The minimum Gasteiger partial charge on any atom is -0.462 e. The fraction of sp³-hybridized carbons (Fsp3) is 0.235. The van der Waals surface area contributed by atoms with Crippen LogP contribution in [0.3, 0.4) is 0 Å². The Kier molecular flexibility index (Phi) is 6.01. The molecule has 0 unspecified atom stereocenters. The van der Waals surface area contributed by atoms with Gasteiger partial charge in [0, 0.05) is 5.56 Å². The first-order chi connectivity index (χ1) is 11.5. The number of nitrogens with one attached hydrogen (secondary N) is 1. The molecule has 124 valence electrons. The molecule has 2 rings (SSSR count). The van der Waals surface area contributed by atoms with Crippen molar-refractivity contribution < 1.29 is 14.3 Å². The van der Waals surface area contributed by atoms with Crippen LogP contribution in [0, 0.1) is 24.5 Å². The molecule has 0 aliphatic heterocycles. The van der Waals surface area contributed by atoms with Crippen molar-refractivity contribution >= 4 is 40.0 Å². The Bertz CT molecular complexity index is 822. The Balaban J connectivity index is 2.37. The summed E-state index contributed by atoms with van der Waals surface area (Å²) < 4.78 is 5.03. The van der Waals surface area contributed by atoms with Crippen molar-refractivity contribution in [2.24, 2.45) is 0 Å². The van der Waals surface area contributed by atoms with Crippen LogP contribution in [0.2, 0.25) is 0 Å². The number of thiophene rings is 1. The van der Waals surface area contributed by atoms with Gasteiger partial charge < -0.3 is 10.1 Å². The van der Waals surface area contributed by atoms with Crippen molar-refractivity contribution in [3.8, 4) is 5.40 Å². The Morgan fingerprint density at radius 1 is 1.33 bits per heavy atom. The average molecular weight is 360 g/mol. The molecule has 0 saturated heterocycles. The van der Waals surface area contributed by atoms with Gasteiger partial charge in [-0.2, -0.15) is 5.26 Å². The normalized spacial score (nSPS) is 10.1. The fourth-order valence-electron chi connectivity index (χ4n) is 2.14. The second-order valence-corrected chi connectivity index (χ2v) is 6.71. The second-order valence-electron chi connectivity index (χ2n) is 4.90. The number of carbonyl (C=O) groups excluding carboxylic acids is 2. The lowest BCUT2D eigenvalue weighted by molar-refractivity contribution is 0.0531. The van der Waals surface area contributed by atoms with Crippen LogP contribution in [0.25, 0.3) is 0 Å². The molecule has 2 aromatic rings. The molecule has 1 heterocycles. The number of ether oxygens (including phenoxy) is 1. The van der Waals surface area contributed by atoms with Crippen molar-refractivity contribution in [2.45, 2.75) is 25.7 Å². The number of thiocyanates is 1. The van der Waals surface area contributed by atoms with Gasteiger partial charge in [0.05, 0.1) is 11.5 Å². The van der Waals surface area contributed by atoms with E-state index in [1.807, 2.05) is 24.5 Å². The molecule has 0 radical (unpaired) electrons. The smallest absolute Gasteiger partial charge is 0.348 e. The van der Waals surface area contributed by atoms with Gasteiger partial charge >= 0.3 is 5.97 Å². The molecule has 1 N–H and O–H groups in total. The van der Waals surface area contributed by atoms with E-state index in [0.29, 0.717) is 25.9 Å². The molecule has 0 atom stereocenters. The van der Waals surface area contributed by atoms with Crippen molar-refractivity contribution in [3.63, 3.8) is 0 Å². The quantitative estimate of drug-likeness (QED) is 0.487. The van der Waals surface area contributed by atoms with Gasteiger partial charge in [-0.05, 0) is 49.7 Å². The van der Waals surface area contributed by atoms with E-state index in [9.17, 15) is 9.59 Å². The Morgan fingerprint density at radius 3 is 2.67 bits per heavy atom. The summed E-state index contributed by atoms with van der Waals surface area (Å²) in [6.07, 6.45) is 0. The standard InChI is InChI=1S/C17H16N2O3S2/c1-4-22-17(21)14-11(3)13(23-9-18)16(24-14)19-15(20)12-8-6-5-7-10(12)2/h5-8H,4H2,1-3H3,(H,19,20). The van der Waals surface area contributed by atoms with Crippen LogP contribution in [-0.2, 0) is 4.74 Å². The molecule has 0 bridgehead atoms. The van der Waals surface area contributed by atoms with E-state index >= 15 is 0 Å². The first-order valence-corrected chi connectivity index (χ1v) is 8.86. The van der Waals surface area contributed by atoms with Gasteiger partial charge in [0.2, 0.25) is 0 Å². The SMILES string of the molecule is CCOC(=O)c1sc(NC(=O)c2ccccc2C)c(SC#N)c1C. The van der Waals surface area contributed by atoms with E-state index in [1.54, 1.807) is 26.0 Å². The summed E-state index contributed by atoms with van der Waals surface area (Å²) in [6.45, 7) is 5.59. The van der Waals surface area contributed by atoms with Crippen LogP contribution in [-0.4, -0.2) is 18.5 Å². The molecule has 0 fully saturated rings. The van der Waals surface area contributed by atoms with Crippen LogP contribution in [0.5, 0.6) is 0 Å². The number of aryl methyl sites for hydroxylation is 1. The highest BCUT2D eigenvalue weighted by atomic mass is 32.2. The molecule has 0 spiro atoms. The third-order valence-corrected chi connectivity index (χ3v) is 5.44. The Labute approximate surface area is 148 Å². The monoisotopic (exact) mass is 360 g/mol. The molecule has 0 saturated carbocycles. The van der Waals surface area contributed by atoms with Crippen LogP contribution < -0.4 is 5.32 Å². The van der Waals surface area contributed by atoms with Crippen molar-refractivity contribution in [3.05, 3.63) is 45.8 Å². The maximum Gasteiger partial charge on any atom is 0.348 e. The van der Waals surface area contributed by atoms with Crippen molar-refractivity contribution in [2.75, 3.05) is 11.9 Å².